The van der Waals surface area contributed by atoms with Gasteiger partial charge in [0, 0.05) is 25.3 Å². The average Bonchev–Trinajstić information content (AvgIpc) is 4.00. The number of amides is 2. The molecule has 1 fully saturated rings. The van der Waals surface area contributed by atoms with Crippen molar-refractivity contribution in [1.82, 2.24) is 14.0 Å². The van der Waals surface area contributed by atoms with Gasteiger partial charge in [-0.15, -0.1) is 11.6 Å². The zero-order valence-corrected chi connectivity index (χ0v) is 43.1. The van der Waals surface area contributed by atoms with Gasteiger partial charge in [0.25, 0.3) is 11.5 Å². The van der Waals surface area contributed by atoms with Crippen LogP contribution < -0.4 is 25.6 Å². The number of furan rings is 1. The van der Waals surface area contributed by atoms with E-state index >= 15 is 0 Å². The first-order valence-corrected chi connectivity index (χ1v) is 23.8. The number of carbonyl (C=O) groups excluding carboxylic acids is 3. The lowest BCUT2D eigenvalue weighted by molar-refractivity contribution is -0.148. The molecule has 21 heteroatoms. The molecule has 0 bridgehead atoms. The largest absolute Gasteiger partial charge is 0.489 e. The topological polar surface area (TPSA) is 161 Å². The summed E-state index contributed by atoms with van der Waals surface area (Å²) in [5, 5.41) is 0. The van der Waals surface area contributed by atoms with Gasteiger partial charge >= 0.3 is 17.8 Å². The summed E-state index contributed by atoms with van der Waals surface area (Å²) in [7, 11) is 2.22. The molecule has 3 aromatic carbocycles. The predicted molar refractivity (Wildman–Crippen MR) is 264 cm³/mol. The van der Waals surface area contributed by atoms with Gasteiger partial charge in [0.2, 0.25) is 5.91 Å². The molecule has 1 aliphatic rings. The maximum absolute atomic E-state index is 13.1. The number of halogens is 6. The Labute approximate surface area is 424 Å². The summed E-state index contributed by atoms with van der Waals surface area (Å²) in [5.74, 6) is 0.482. The highest BCUT2D eigenvalue weighted by molar-refractivity contribution is 6.53. The molecule has 2 amide bonds. The standard InChI is InChI=1S/C25H25F3N2O6.C14H20ClNO2.C11H13Cl2NO3/c1-5-16-6-7-17(20(12-16)36-15(2)23(32)34-4)14-35-19-10-8-18(9-11-19)30-22(31)13-21(25(26,27)28)29(3)24(30)33;1-4-12-8-6-7-11(3)14(12)16(10-18-5-2)13(17)9-15;1-11(2)14(10(15)9(12)13)6-8(17-11)7-4-3-5-16-7/h6-13,15H,5,14H2,1-4H3;6-8H,4-5,9-10H2,1-3H3;3-5,8-9H,6H2,1-2H3. The first-order valence-electron chi connectivity index (χ1n) is 22.4. The molecule has 6 rings (SSSR count). The number of nitrogens with zero attached hydrogens (tertiary/aromatic N) is 4. The van der Waals surface area contributed by atoms with Crippen molar-refractivity contribution >= 4 is 58.3 Å². The van der Waals surface area contributed by atoms with Crippen LogP contribution in [0.2, 0.25) is 0 Å². The Balaban J connectivity index is 0.000000260. The summed E-state index contributed by atoms with van der Waals surface area (Å²) < 4.78 is 72.9. The van der Waals surface area contributed by atoms with Gasteiger partial charge in [-0.25, -0.2) is 14.2 Å². The number of rotatable bonds is 16. The number of para-hydroxylation sites is 1. The van der Waals surface area contributed by atoms with Gasteiger partial charge in [-0.3, -0.25) is 23.9 Å². The van der Waals surface area contributed by atoms with Crippen molar-refractivity contribution in [1.29, 1.82) is 0 Å². The van der Waals surface area contributed by atoms with E-state index in [4.69, 9.17) is 62.9 Å². The summed E-state index contributed by atoms with van der Waals surface area (Å²) in [5.41, 5.74) is 0.583. The zero-order valence-electron chi connectivity index (χ0n) is 40.8. The third-order valence-corrected chi connectivity index (χ3v) is 11.6. The fourth-order valence-corrected chi connectivity index (χ4v) is 7.66. The van der Waals surface area contributed by atoms with Crippen LogP contribution in [0.5, 0.6) is 11.5 Å². The molecule has 1 aliphatic heterocycles. The fraction of sp³-hybridized carbons (Fsp3) is 0.420. The summed E-state index contributed by atoms with van der Waals surface area (Å²) >= 11 is 16.9. The predicted octanol–water partition coefficient (Wildman–Crippen LogP) is 9.48. The molecule has 0 spiro atoms. The molecule has 5 aromatic rings. The van der Waals surface area contributed by atoms with Crippen LogP contribution in [0, 0.1) is 6.92 Å². The molecule has 2 aromatic heterocycles. The van der Waals surface area contributed by atoms with E-state index in [0.717, 1.165) is 42.3 Å². The first-order chi connectivity index (χ1) is 33.5. The minimum atomic E-state index is -4.84. The third kappa shape index (κ3) is 15.1. The van der Waals surface area contributed by atoms with Gasteiger partial charge < -0.3 is 33.0 Å². The lowest BCUT2D eigenvalue weighted by Gasteiger charge is -2.29. The molecule has 15 nitrogen and oxygen atoms in total. The molecule has 0 N–H and O–H groups in total. The number of benzene rings is 3. The zero-order chi connectivity index (χ0) is 52.8. The summed E-state index contributed by atoms with van der Waals surface area (Å²) in [6, 6.07) is 21.3. The molecule has 0 aliphatic carbocycles. The number of carbonyl (C=O) groups is 3. The number of esters is 1. The quantitative estimate of drug-likeness (QED) is 0.0526. The highest BCUT2D eigenvalue weighted by atomic mass is 35.5. The van der Waals surface area contributed by atoms with Gasteiger partial charge in [-0.2, -0.15) is 13.2 Å². The molecule has 71 heavy (non-hydrogen) atoms. The van der Waals surface area contributed by atoms with Crippen LogP contribution >= 0.6 is 34.8 Å². The van der Waals surface area contributed by atoms with Crippen molar-refractivity contribution in [2.75, 3.05) is 37.8 Å². The van der Waals surface area contributed by atoms with Gasteiger partial charge in [-0.1, -0.05) is 67.4 Å². The number of anilines is 1. The summed E-state index contributed by atoms with van der Waals surface area (Å²) in [6.45, 7) is 14.4. The van der Waals surface area contributed by atoms with Crippen LogP contribution in [0.3, 0.4) is 0 Å². The van der Waals surface area contributed by atoms with Crippen LogP contribution in [0.1, 0.15) is 81.4 Å². The van der Waals surface area contributed by atoms with Crippen LogP contribution in [0.4, 0.5) is 18.9 Å². The highest BCUT2D eigenvalue weighted by Crippen LogP contribution is 2.37. The molecule has 1 saturated heterocycles. The van der Waals surface area contributed by atoms with Gasteiger partial charge in [0.15, 0.2) is 10.9 Å². The minimum Gasteiger partial charge on any atom is -0.489 e. The Hall–Kier alpha value is -5.79. The second-order valence-electron chi connectivity index (χ2n) is 16.2. The van der Waals surface area contributed by atoms with E-state index < -0.39 is 45.8 Å². The fourth-order valence-electron chi connectivity index (χ4n) is 7.28. The molecule has 0 saturated carbocycles. The molecular weight excluding hydrogens is 996 g/mol. The number of aromatic nitrogens is 2. The Kier molecular flexibility index (Phi) is 21.2. The van der Waals surface area contributed by atoms with E-state index in [2.05, 4.69) is 6.92 Å². The number of alkyl halides is 6. The number of ether oxygens (including phenoxy) is 5. The monoisotopic (exact) mass is 1050 g/mol. The normalized spacial score (nSPS) is 14.4. The molecule has 2 unspecified atom stereocenters. The Morgan fingerprint density at radius 2 is 1.63 bits per heavy atom. The van der Waals surface area contributed by atoms with Gasteiger partial charge in [-0.05, 0) is 107 Å². The van der Waals surface area contributed by atoms with Crippen molar-refractivity contribution in [2.45, 2.75) is 96.9 Å². The maximum Gasteiger partial charge on any atom is 0.431 e. The summed E-state index contributed by atoms with van der Waals surface area (Å²) in [6.07, 6.45) is -2.75. The van der Waals surface area contributed by atoms with E-state index in [-0.39, 0.29) is 42.8 Å². The minimum absolute atomic E-state index is 0.0371. The smallest absolute Gasteiger partial charge is 0.431 e. The second kappa shape index (κ2) is 26.1. The van der Waals surface area contributed by atoms with E-state index in [9.17, 15) is 37.1 Å². The van der Waals surface area contributed by atoms with Crippen molar-refractivity contribution in [3.8, 4) is 17.2 Å². The Bertz CT molecular complexity index is 2690. The van der Waals surface area contributed by atoms with Crippen LogP contribution in [0.15, 0.2) is 99.1 Å². The van der Waals surface area contributed by atoms with E-state index in [1.54, 1.807) is 38.0 Å². The highest BCUT2D eigenvalue weighted by Gasteiger charge is 2.45. The van der Waals surface area contributed by atoms with Crippen molar-refractivity contribution < 1.29 is 55.7 Å². The Morgan fingerprint density at radius 1 is 0.944 bits per heavy atom. The molecular formula is C50H58Cl3F3N4O11. The molecule has 386 valence electrons. The Morgan fingerprint density at radius 3 is 2.20 bits per heavy atom. The van der Waals surface area contributed by atoms with E-state index in [1.165, 1.54) is 36.3 Å². The SMILES string of the molecule is CC1(C)OC(c2ccco2)CN1C(=O)C(Cl)Cl.CCOCN(C(=O)CCl)c1c(C)cccc1CC.CCc1ccc(COc2ccc(-n3c(=O)cc(C(F)(F)F)n(C)c3=O)cc2)c(OC(C)C(=O)OC)c1. The van der Waals surface area contributed by atoms with Crippen LogP contribution in [-0.4, -0.2) is 81.4 Å². The number of hydrogen-bond donors (Lipinski definition) is 0. The van der Waals surface area contributed by atoms with Crippen molar-refractivity contribution in [2.24, 2.45) is 7.05 Å². The summed E-state index contributed by atoms with van der Waals surface area (Å²) in [4.78, 5) is 62.3. The third-order valence-electron chi connectivity index (χ3n) is 11.0. The van der Waals surface area contributed by atoms with Gasteiger partial charge in [0.1, 0.15) is 54.0 Å². The van der Waals surface area contributed by atoms with E-state index in [1.807, 2.05) is 63.2 Å². The van der Waals surface area contributed by atoms with Crippen molar-refractivity contribution in [3.05, 3.63) is 140 Å². The lowest BCUT2D eigenvalue weighted by atomic mass is 10.0. The van der Waals surface area contributed by atoms with Crippen molar-refractivity contribution in [3.63, 3.8) is 0 Å². The van der Waals surface area contributed by atoms with Gasteiger partial charge in [0.05, 0.1) is 31.3 Å². The maximum atomic E-state index is 13.1. The van der Waals surface area contributed by atoms with Crippen LogP contribution in [-0.2, 0) is 61.3 Å². The average molecular weight is 1050 g/mol. The molecule has 3 heterocycles. The molecule has 0 radical (unpaired) electrons. The number of methoxy groups -OCH3 is 1. The first kappa shape index (κ1) is 57.8. The molecule has 2 atom stereocenters. The number of hydrogen-bond acceptors (Lipinski definition) is 11. The van der Waals surface area contributed by atoms with Crippen LogP contribution in [0.25, 0.3) is 5.69 Å². The lowest BCUT2D eigenvalue weighted by Crippen LogP contribution is -2.45. The number of aryl methyl sites for hydroxylation is 3. The van der Waals surface area contributed by atoms with E-state index in [0.29, 0.717) is 51.2 Å². The second-order valence-corrected chi connectivity index (χ2v) is 17.6.